The number of carbonyl (C=O) groups excluding carboxylic acids is 1. The first-order chi connectivity index (χ1) is 8.94. The standard InChI is InChI=1S/C15H29NO2S/c1-12(9-13-7-5-4-6-8-13)14(17)16-10-15(2,18)11-19-3/h12-13,18H,4-11H2,1-3H3,(H,16,17). The van der Waals surface area contributed by atoms with Crippen molar-refractivity contribution >= 4 is 17.7 Å². The Labute approximate surface area is 121 Å². The summed E-state index contributed by atoms with van der Waals surface area (Å²) in [5, 5.41) is 12.9. The van der Waals surface area contributed by atoms with E-state index in [1.165, 1.54) is 32.1 Å². The molecule has 0 aromatic rings. The number of nitrogens with one attached hydrogen (secondary N) is 1. The largest absolute Gasteiger partial charge is 0.387 e. The van der Waals surface area contributed by atoms with Crippen LogP contribution in [0, 0.1) is 11.8 Å². The summed E-state index contributed by atoms with van der Waals surface area (Å²) in [6.45, 7) is 4.13. The fraction of sp³-hybridized carbons (Fsp3) is 0.933. The number of thioether (sulfide) groups is 1. The molecule has 0 aromatic heterocycles. The Bertz CT molecular complexity index is 275. The maximum absolute atomic E-state index is 12.0. The summed E-state index contributed by atoms with van der Waals surface area (Å²) in [6, 6.07) is 0. The fourth-order valence-electron chi connectivity index (χ4n) is 2.84. The molecule has 0 bridgehead atoms. The molecule has 2 atom stereocenters. The second-order valence-electron chi connectivity index (χ2n) is 6.29. The Morgan fingerprint density at radius 2 is 2.05 bits per heavy atom. The van der Waals surface area contributed by atoms with Crippen LogP contribution >= 0.6 is 11.8 Å². The summed E-state index contributed by atoms with van der Waals surface area (Å²) in [5.41, 5.74) is -0.806. The topological polar surface area (TPSA) is 49.3 Å². The Morgan fingerprint density at radius 3 is 2.63 bits per heavy atom. The summed E-state index contributed by atoms with van der Waals surface area (Å²) in [7, 11) is 0. The van der Waals surface area contributed by atoms with Crippen LogP contribution in [0.3, 0.4) is 0 Å². The van der Waals surface area contributed by atoms with E-state index in [4.69, 9.17) is 0 Å². The Hall–Kier alpha value is -0.220. The van der Waals surface area contributed by atoms with Gasteiger partial charge in [0.15, 0.2) is 0 Å². The number of carbonyl (C=O) groups is 1. The summed E-state index contributed by atoms with van der Waals surface area (Å²) in [6.07, 6.45) is 9.51. The first kappa shape index (κ1) is 16.8. The number of amides is 1. The number of rotatable bonds is 7. The van der Waals surface area contributed by atoms with Crippen molar-refractivity contribution in [3.63, 3.8) is 0 Å². The zero-order valence-electron chi connectivity index (χ0n) is 12.6. The van der Waals surface area contributed by atoms with Crippen LogP contribution in [0.1, 0.15) is 52.4 Å². The van der Waals surface area contributed by atoms with Crippen LogP contribution in [0.15, 0.2) is 0 Å². The molecule has 0 spiro atoms. The van der Waals surface area contributed by atoms with Crippen molar-refractivity contribution in [3.05, 3.63) is 0 Å². The molecule has 0 heterocycles. The van der Waals surface area contributed by atoms with Crippen molar-refractivity contribution < 1.29 is 9.90 Å². The molecule has 1 amide bonds. The lowest BCUT2D eigenvalue weighted by Crippen LogP contribution is -2.44. The normalized spacial score (nSPS) is 21.7. The summed E-state index contributed by atoms with van der Waals surface area (Å²) in [5.74, 6) is 1.52. The smallest absolute Gasteiger partial charge is 0.222 e. The van der Waals surface area contributed by atoms with Gasteiger partial charge >= 0.3 is 0 Å². The molecule has 2 N–H and O–H groups in total. The maximum atomic E-state index is 12.0. The van der Waals surface area contributed by atoms with Crippen LogP contribution in [-0.2, 0) is 4.79 Å². The van der Waals surface area contributed by atoms with Gasteiger partial charge in [-0.1, -0.05) is 39.0 Å². The minimum Gasteiger partial charge on any atom is -0.387 e. The molecule has 2 unspecified atom stereocenters. The number of hydrogen-bond acceptors (Lipinski definition) is 3. The van der Waals surface area contributed by atoms with Crippen LogP contribution < -0.4 is 5.32 Å². The molecule has 0 saturated heterocycles. The third-order valence-corrected chi connectivity index (χ3v) is 4.87. The van der Waals surface area contributed by atoms with Crippen LogP contribution in [0.4, 0.5) is 0 Å². The van der Waals surface area contributed by atoms with Crippen molar-refractivity contribution in [1.29, 1.82) is 0 Å². The minimum absolute atomic E-state index is 0.0631. The quantitative estimate of drug-likeness (QED) is 0.757. The van der Waals surface area contributed by atoms with Gasteiger partial charge in [-0.2, -0.15) is 11.8 Å². The molecule has 19 heavy (non-hydrogen) atoms. The molecule has 1 fully saturated rings. The van der Waals surface area contributed by atoms with E-state index in [-0.39, 0.29) is 11.8 Å². The van der Waals surface area contributed by atoms with E-state index in [0.29, 0.717) is 12.3 Å². The molecule has 4 heteroatoms. The molecule has 1 aliphatic rings. The van der Waals surface area contributed by atoms with E-state index in [9.17, 15) is 9.90 Å². The van der Waals surface area contributed by atoms with E-state index in [1.807, 2.05) is 13.2 Å². The third-order valence-electron chi connectivity index (χ3n) is 3.96. The monoisotopic (exact) mass is 287 g/mol. The average Bonchev–Trinajstić information content (AvgIpc) is 2.37. The van der Waals surface area contributed by atoms with E-state index in [2.05, 4.69) is 5.32 Å². The summed E-state index contributed by atoms with van der Waals surface area (Å²) in [4.78, 5) is 12.0. The van der Waals surface area contributed by atoms with Gasteiger partial charge in [-0.05, 0) is 25.5 Å². The Morgan fingerprint density at radius 1 is 1.42 bits per heavy atom. The predicted octanol–water partition coefficient (Wildman–Crippen LogP) is 2.82. The highest BCUT2D eigenvalue weighted by atomic mass is 32.2. The van der Waals surface area contributed by atoms with Gasteiger partial charge in [0.25, 0.3) is 0 Å². The molecule has 1 saturated carbocycles. The minimum atomic E-state index is -0.806. The van der Waals surface area contributed by atoms with Crippen LogP contribution in [-0.4, -0.2) is 35.2 Å². The zero-order valence-corrected chi connectivity index (χ0v) is 13.4. The number of aliphatic hydroxyl groups is 1. The van der Waals surface area contributed by atoms with Gasteiger partial charge in [0.2, 0.25) is 5.91 Å². The molecule has 0 radical (unpaired) electrons. The SMILES string of the molecule is CSCC(C)(O)CNC(=O)C(C)CC1CCCCC1. The van der Waals surface area contributed by atoms with Crippen molar-refractivity contribution in [2.24, 2.45) is 11.8 Å². The Balaban J connectivity index is 2.27. The second-order valence-corrected chi connectivity index (χ2v) is 7.15. The van der Waals surface area contributed by atoms with E-state index in [1.54, 1.807) is 18.7 Å². The summed E-state index contributed by atoms with van der Waals surface area (Å²) >= 11 is 1.60. The van der Waals surface area contributed by atoms with Gasteiger partial charge in [0.1, 0.15) is 0 Å². The van der Waals surface area contributed by atoms with E-state index in [0.717, 1.165) is 12.3 Å². The lowest BCUT2D eigenvalue weighted by atomic mass is 9.83. The lowest BCUT2D eigenvalue weighted by molar-refractivity contribution is -0.126. The van der Waals surface area contributed by atoms with Crippen LogP contribution in [0.25, 0.3) is 0 Å². The lowest BCUT2D eigenvalue weighted by Gasteiger charge is -2.26. The average molecular weight is 287 g/mol. The molecular formula is C15H29NO2S. The van der Waals surface area contributed by atoms with E-state index >= 15 is 0 Å². The summed E-state index contributed by atoms with van der Waals surface area (Å²) < 4.78 is 0. The van der Waals surface area contributed by atoms with Gasteiger partial charge in [-0.3, -0.25) is 4.79 Å². The first-order valence-corrected chi connectivity index (χ1v) is 8.83. The van der Waals surface area contributed by atoms with Crippen molar-refractivity contribution in [3.8, 4) is 0 Å². The van der Waals surface area contributed by atoms with Gasteiger partial charge in [0.05, 0.1) is 5.60 Å². The van der Waals surface area contributed by atoms with Gasteiger partial charge in [0, 0.05) is 18.2 Å². The maximum Gasteiger partial charge on any atom is 0.222 e. The van der Waals surface area contributed by atoms with Gasteiger partial charge in [-0.15, -0.1) is 0 Å². The second kappa shape index (κ2) is 8.15. The number of hydrogen-bond donors (Lipinski definition) is 2. The highest BCUT2D eigenvalue weighted by Gasteiger charge is 2.24. The Kier molecular flexibility index (Phi) is 7.22. The third kappa shape index (κ3) is 6.66. The van der Waals surface area contributed by atoms with Crippen molar-refractivity contribution in [2.45, 2.75) is 58.0 Å². The highest BCUT2D eigenvalue weighted by molar-refractivity contribution is 7.98. The fourth-order valence-corrected chi connectivity index (χ4v) is 3.57. The molecule has 0 aromatic carbocycles. The molecule has 1 rings (SSSR count). The zero-order chi connectivity index (χ0) is 14.3. The predicted molar refractivity (Wildman–Crippen MR) is 82.4 cm³/mol. The van der Waals surface area contributed by atoms with Crippen molar-refractivity contribution in [2.75, 3.05) is 18.6 Å². The van der Waals surface area contributed by atoms with Gasteiger partial charge in [-0.25, -0.2) is 0 Å². The molecule has 3 nitrogen and oxygen atoms in total. The van der Waals surface area contributed by atoms with Gasteiger partial charge < -0.3 is 10.4 Å². The molecular weight excluding hydrogens is 258 g/mol. The van der Waals surface area contributed by atoms with Crippen LogP contribution in [0.5, 0.6) is 0 Å². The van der Waals surface area contributed by atoms with Crippen molar-refractivity contribution in [1.82, 2.24) is 5.32 Å². The highest BCUT2D eigenvalue weighted by Crippen LogP contribution is 2.29. The van der Waals surface area contributed by atoms with E-state index < -0.39 is 5.60 Å². The molecule has 1 aliphatic carbocycles. The molecule has 112 valence electrons. The molecule has 0 aliphatic heterocycles. The first-order valence-electron chi connectivity index (χ1n) is 7.43. The van der Waals surface area contributed by atoms with Crippen LogP contribution in [0.2, 0.25) is 0 Å².